The van der Waals surface area contributed by atoms with Gasteiger partial charge < -0.3 is 14.8 Å². The summed E-state index contributed by atoms with van der Waals surface area (Å²) in [7, 11) is 3.43. The van der Waals surface area contributed by atoms with Crippen molar-refractivity contribution in [2.24, 2.45) is 7.05 Å². The monoisotopic (exact) mass is 369 g/mol. The topological polar surface area (TPSA) is 65.4 Å². The van der Waals surface area contributed by atoms with Crippen LogP contribution in [0.1, 0.15) is 10.4 Å². The molecule has 1 N–H and O–H groups in total. The van der Waals surface area contributed by atoms with Crippen molar-refractivity contribution >= 4 is 11.6 Å². The highest BCUT2D eigenvalue weighted by atomic mass is 19.1. The quantitative estimate of drug-likeness (QED) is 0.648. The summed E-state index contributed by atoms with van der Waals surface area (Å²) < 4.78 is 25.9. The lowest BCUT2D eigenvalue weighted by molar-refractivity contribution is 0.102. The van der Waals surface area contributed by atoms with Gasteiger partial charge in [0.1, 0.15) is 18.2 Å². The second-order valence-corrected chi connectivity index (χ2v) is 5.86. The summed E-state index contributed by atoms with van der Waals surface area (Å²) in [6, 6.07) is 12.7. The van der Waals surface area contributed by atoms with Gasteiger partial charge in [0.25, 0.3) is 5.91 Å². The summed E-state index contributed by atoms with van der Waals surface area (Å²) in [6.07, 6.45) is 1.69. The maximum absolute atomic E-state index is 13.3. The molecule has 0 spiro atoms. The van der Waals surface area contributed by atoms with E-state index in [0.717, 1.165) is 11.3 Å². The van der Waals surface area contributed by atoms with Gasteiger partial charge in [0.2, 0.25) is 0 Å². The van der Waals surface area contributed by atoms with Crippen molar-refractivity contribution in [3.05, 3.63) is 66.1 Å². The Kier molecular flexibility index (Phi) is 5.83. The van der Waals surface area contributed by atoms with Gasteiger partial charge in [0.05, 0.1) is 12.3 Å². The van der Waals surface area contributed by atoms with E-state index in [4.69, 9.17) is 9.47 Å². The molecule has 2 aromatic carbocycles. The Hall–Kier alpha value is -3.19. The molecule has 1 amide bonds. The van der Waals surface area contributed by atoms with E-state index in [2.05, 4.69) is 10.4 Å². The van der Waals surface area contributed by atoms with Gasteiger partial charge in [-0.25, -0.2) is 4.39 Å². The van der Waals surface area contributed by atoms with Crippen LogP contribution >= 0.6 is 0 Å². The lowest BCUT2D eigenvalue weighted by Crippen LogP contribution is -2.12. The van der Waals surface area contributed by atoms with Crippen molar-refractivity contribution in [1.82, 2.24) is 9.78 Å². The van der Waals surface area contributed by atoms with Crippen molar-refractivity contribution in [2.45, 2.75) is 0 Å². The fourth-order valence-electron chi connectivity index (χ4n) is 2.64. The van der Waals surface area contributed by atoms with E-state index in [1.807, 2.05) is 13.1 Å². The minimum absolute atomic E-state index is 0.248. The van der Waals surface area contributed by atoms with Gasteiger partial charge >= 0.3 is 0 Å². The number of rotatable bonds is 7. The molecule has 0 aliphatic heterocycles. The normalized spacial score (nSPS) is 10.6. The molecule has 140 valence electrons. The summed E-state index contributed by atoms with van der Waals surface area (Å²) >= 11 is 0. The number of ether oxygens (including phenoxy) is 2. The Labute approximate surface area is 156 Å². The zero-order valence-corrected chi connectivity index (χ0v) is 15.1. The number of methoxy groups -OCH3 is 1. The van der Waals surface area contributed by atoms with Gasteiger partial charge in [0.15, 0.2) is 0 Å². The molecule has 0 aliphatic rings. The SMILES string of the molecule is COCCOc1ccc(NC(=O)c2cccc(F)c2)cc1-c1ccnn1C. The van der Waals surface area contributed by atoms with Crippen LogP contribution in [0.15, 0.2) is 54.7 Å². The second kappa shape index (κ2) is 8.46. The molecule has 3 rings (SSSR count). The van der Waals surface area contributed by atoms with Crippen LogP contribution in [0.5, 0.6) is 5.75 Å². The molecular weight excluding hydrogens is 349 g/mol. The highest BCUT2D eigenvalue weighted by molar-refractivity contribution is 6.04. The Morgan fingerprint density at radius 1 is 1.19 bits per heavy atom. The number of aryl methyl sites for hydroxylation is 1. The third kappa shape index (κ3) is 4.51. The standard InChI is InChI=1S/C20H20FN3O3/c1-24-18(8-9-22-24)17-13-16(6-7-19(17)27-11-10-26-2)23-20(25)14-4-3-5-15(21)12-14/h3-9,12-13H,10-11H2,1-2H3,(H,23,25). The van der Waals surface area contributed by atoms with Crippen LogP contribution < -0.4 is 10.1 Å². The molecule has 1 heterocycles. The first-order valence-electron chi connectivity index (χ1n) is 8.39. The minimum Gasteiger partial charge on any atom is -0.490 e. The summed E-state index contributed by atoms with van der Waals surface area (Å²) in [5.74, 6) is -0.196. The fourth-order valence-corrected chi connectivity index (χ4v) is 2.64. The molecule has 1 aromatic heterocycles. The first-order valence-corrected chi connectivity index (χ1v) is 8.39. The summed E-state index contributed by atoms with van der Waals surface area (Å²) in [5, 5.41) is 6.97. The summed E-state index contributed by atoms with van der Waals surface area (Å²) in [4.78, 5) is 12.4. The molecule has 0 saturated carbocycles. The first-order chi connectivity index (χ1) is 13.1. The van der Waals surface area contributed by atoms with E-state index in [9.17, 15) is 9.18 Å². The number of carbonyl (C=O) groups excluding carboxylic acids is 1. The maximum atomic E-state index is 13.3. The van der Waals surface area contributed by atoms with Gasteiger partial charge in [0, 0.05) is 37.2 Å². The molecule has 0 bridgehead atoms. The number of halogens is 1. The van der Waals surface area contributed by atoms with E-state index < -0.39 is 11.7 Å². The molecule has 0 radical (unpaired) electrons. The van der Waals surface area contributed by atoms with E-state index in [0.29, 0.717) is 24.7 Å². The van der Waals surface area contributed by atoms with Gasteiger partial charge in [-0.15, -0.1) is 0 Å². The third-order valence-electron chi connectivity index (χ3n) is 3.97. The van der Waals surface area contributed by atoms with E-state index in [1.165, 1.54) is 18.2 Å². The largest absolute Gasteiger partial charge is 0.490 e. The number of anilines is 1. The highest BCUT2D eigenvalue weighted by Gasteiger charge is 2.13. The summed E-state index contributed by atoms with van der Waals surface area (Å²) in [5.41, 5.74) is 2.43. The molecule has 3 aromatic rings. The minimum atomic E-state index is -0.458. The third-order valence-corrected chi connectivity index (χ3v) is 3.97. The van der Waals surface area contributed by atoms with Crippen LogP contribution in [0, 0.1) is 5.82 Å². The Morgan fingerprint density at radius 2 is 2.04 bits per heavy atom. The number of hydrogen-bond donors (Lipinski definition) is 1. The Bertz CT molecular complexity index is 940. The Morgan fingerprint density at radius 3 is 2.74 bits per heavy atom. The number of nitrogens with one attached hydrogen (secondary N) is 1. The van der Waals surface area contributed by atoms with Crippen LogP contribution in [0.25, 0.3) is 11.3 Å². The van der Waals surface area contributed by atoms with Crippen molar-refractivity contribution in [1.29, 1.82) is 0 Å². The zero-order chi connectivity index (χ0) is 19.2. The number of aromatic nitrogens is 2. The van der Waals surface area contributed by atoms with Crippen LogP contribution in [0.3, 0.4) is 0 Å². The van der Waals surface area contributed by atoms with Crippen molar-refractivity contribution in [2.75, 3.05) is 25.6 Å². The number of benzene rings is 2. The van der Waals surface area contributed by atoms with Gasteiger partial charge in [-0.1, -0.05) is 6.07 Å². The molecule has 0 atom stereocenters. The molecule has 0 saturated heterocycles. The second-order valence-electron chi connectivity index (χ2n) is 5.86. The van der Waals surface area contributed by atoms with Crippen LogP contribution in [-0.2, 0) is 11.8 Å². The van der Waals surface area contributed by atoms with Crippen molar-refractivity contribution in [3.63, 3.8) is 0 Å². The average Bonchev–Trinajstić information content (AvgIpc) is 3.08. The lowest BCUT2D eigenvalue weighted by Gasteiger charge is -2.14. The van der Waals surface area contributed by atoms with E-state index in [-0.39, 0.29) is 5.56 Å². The predicted octanol–water partition coefficient (Wildman–Crippen LogP) is 3.50. The van der Waals surface area contributed by atoms with Gasteiger partial charge in [-0.3, -0.25) is 9.48 Å². The van der Waals surface area contributed by atoms with Gasteiger partial charge in [-0.2, -0.15) is 5.10 Å². The molecule has 0 unspecified atom stereocenters. The molecule has 6 nitrogen and oxygen atoms in total. The van der Waals surface area contributed by atoms with Crippen molar-refractivity contribution in [3.8, 4) is 17.0 Å². The lowest BCUT2D eigenvalue weighted by atomic mass is 10.1. The number of hydrogen-bond acceptors (Lipinski definition) is 4. The first kappa shape index (κ1) is 18.6. The zero-order valence-electron chi connectivity index (χ0n) is 15.1. The summed E-state index contributed by atoms with van der Waals surface area (Å²) in [6.45, 7) is 0.860. The smallest absolute Gasteiger partial charge is 0.255 e. The van der Waals surface area contributed by atoms with Gasteiger partial charge in [-0.05, 0) is 42.5 Å². The van der Waals surface area contributed by atoms with Crippen molar-refractivity contribution < 1.29 is 18.7 Å². The number of nitrogens with zero attached hydrogens (tertiary/aromatic N) is 2. The fraction of sp³-hybridized carbons (Fsp3) is 0.200. The van der Waals surface area contributed by atoms with Crippen LogP contribution in [-0.4, -0.2) is 36.0 Å². The molecule has 7 heteroatoms. The maximum Gasteiger partial charge on any atom is 0.255 e. The molecular formula is C20H20FN3O3. The van der Waals surface area contributed by atoms with Crippen LogP contribution in [0.4, 0.5) is 10.1 Å². The molecule has 0 aliphatic carbocycles. The van der Waals surface area contributed by atoms with E-state index >= 15 is 0 Å². The molecule has 27 heavy (non-hydrogen) atoms. The Balaban J connectivity index is 1.88. The average molecular weight is 369 g/mol. The van der Waals surface area contributed by atoms with Crippen LogP contribution in [0.2, 0.25) is 0 Å². The van der Waals surface area contributed by atoms with E-state index in [1.54, 1.807) is 42.3 Å². The number of amides is 1. The number of carbonyl (C=O) groups is 1. The highest BCUT2D eigenvalue weighted by Crippen LogP contribution is 2.32. The molecule has 0 fully saturated rings. The predicted molar refractivity (Wildman–Crippen MR) is 100 cm³/mol.